The third kappa shape index (κ3) is 5.41. The van der Waals surface area contributed by atoms with Gasteiger partial charge in [0.25, 0.3) is 0 Å². The Balaban J connectivity index is 1.28. The Morgan fingerprint density at radius 2 is 1.65 bits per heavy atom. The van der Waals surface area contributed by atoms with Gasteiger partial charge < -0.3 is 29.5 Å². The molecule has 4 rings (SSSR count). The molecule has 31 heavy (non-hydrogen) atoms. The van der Waals surface area contributed by atoms with Crippen LogP contribution < -0.4 is 19.9 Å². The molecule has 0 bridgehead atoms. The van der Waals surface area contributed by atoms with E-state index in [1.807, 2.05) is 19.2 Å². The maximum absolute atomic E-state index is 5.44. The third-order valence-electron chi connectivity index (χ3n) is 5.97. The lowest BCUT2D eigenvalue weighted by Gasteiger charge is -2.37. The minimum atomic E-state index is 0.770. The summed E-state index contributed by atoms with van der Waals surface area (Å²) in [6.45, 7) is 8.11. The molecule has 7 nitrogen and oxygen atoms in total. The number of anilines is 2. The second kappa shape index (κ2) is 10.4. The van der Waals surface area contributed by atoms with Crippen LogP contribution in [0.1, 0.15) is 5.56 Å². The first-order valence-corrected chi connectivity index (χ1v) is 11.0. The molecule has 0 radical (unpaired) electrons. The van der Waals surface area contributed by atoms with E-state index >= 15 is 0 Å². The second-order valence-corrected chi connectivity index (χ2v) is 7.84. The highest BCUT2D eigenvalue weighted by atomic mass is 16.5. The van der Waals surface area contributed by atoms with Crippen LogP contribution in [0.2, 0.25) is 0 Å². The molecule has 2 aliphatic heterocycles. The van der Waals surface area contributed by atoms with Gasteiger partial charge in [-0.3, -0.25) is 4.99 Å². The van der Waals surface area contributed by atoms with E-state index in [1.165, 1.54) is 16.9 Å². The van der Waals surface area contributed by atoms with E-state index in [4.69, 9.17) is 9.47 Å². The molecule has 0 atom stereocenters. The van der Waals surface area contributed by atoms with Gasteiger partial charge in [-0.15, -0.1) is 0 Å². The fraction of sp³-hybridized carbons (Fsp3) is 0.458. The van der Waals surface area contributed by atoms with Crippen LogP contribution in [0.3, 0.4) is 0 Å². The molecule has 2 aromatic rings. The molecule has 0 amide bonds. The Kier molecular flexibility index (Phi) is 7.14. The van der Waals surface area contributed by atoms with Gasteiger partial charge in [0.1, 0.15) is 5.75 Å². The van der Waals surface area contributed by atoms with E-state index in [2.05, 4.69) is 61.4 Å². The molecule has 2 saturated heterocycles. The van der Waals surface area contributed by atoms with Crippen molar-refractivity contribution in [2.75, 3.05) is 76.4 Å². The lowest BCUT2D eigenvalue weighted by Crippen LogP contribution is -2.52. The van der Waals surface area contributed by atoms with Gasteiger partial charge in [0, 0.05) is 70.3 Å². The number of hydrogen-bond acceptors (Lipinski definition) is 5. The predicted octanol–water partition coefficient (Wildman–Crippen LogP) is 2.43. The monoisotopic (exact) mass is 423 g/mol. The molecule has 1 N–H and O–H groups in total. The Hall–Kier alpha value is -2.93. The van der Waals surface area contributed by atoms with Crippen LogP contribution in [0, 0.1) is 0 Å². The predicted molar refractivity (Wildman–Crippen MR) is 126 cm³/mol. The van der Waals surface area contributed by atoms with Crippen molar-refractivity contribution >= 4 is 17.3 Å². The quantitative estimate of drug-likeness (QED) is 0.589. The first kappa shape index (κ1) is 21.3. The Labute approximate surface area is 185 Å². The normalized spacial score (nSPS) is 17.6. The van der Waals surface area contributed by atoms with E-state index in [0.29, 0.717) is 0 Å². The van der Waals surface area contributed by atoms with Crippen LogP contribution in [0.4, 0.5) is 11.4 Å². The minimum absolute atomic E-state index is 0.770. The molecule has 2 aromatic carbocycles. The van der Waals surface area contributed by atoms with Gasteiger partial charge in [0.2, 0.25) is 0 Å². The summed E-state index contributed by atoms with van der Waals surface area (Å²) in [6.07, 6.45) is 0. The molecular formula is C24H33N5O2. The van der Waals surface area contributed by atoms with Crippen LogP contribution >= 0.6 is 0 Å². The average Bonchev–Trinajstić information content (AvgIpc) is 2.86. The fourth-order valence-electron chi connectivity index (χ4n) is 4.14. The third-order valence-corrected chi connectivity index (χ3v) is 5.97. The number of methoxy groups -OCH3 is 1. The van der Waals surface area contributed by atoms with Crippen LogP contribution in [0.15, 0.2) is 53.5 Å². The molecule has 2 heterocycles. The summed E-state index contributed by atoms with van der Waals surface area (Å²) in [5.41, 5.74) is 3.74. The number of piperazine rings is 1. The highest BCUT2D eigenvalue weighted by Gasteiger charge is 2.20. The van der Waals surface area contributed by atoms with Crippen molar-refractivity contribution in [1.82, 2.24) is 10.2 Å². The number of nitrogens with one attached hydrogen (secondary N) is 1. The molecule has 2 aliphatic rings. The molecule has 0 spiro atoms. The summed E-state index contributed by atoms with van der Waals surface area (Å²) in [5, 5.41) is 3.53. The van der Waals surface area contributed by atoms with Crippen molar-refractivity contribution in [3.05, 3.63) is 54.1 Å². The van der Waals surface area contributed by atoms with E-state index in [-0.39, 0.29) is 0 Å². The number of morpholine rings is 1. The highest BCUT2D eigenvalue weighted by Crippen LogP contribution is 2.22. The summed E-state index contributed by atoms with van der Waals surface area (Å²) >= 11 is 0. The molecule has 2 fully saturated rings. The van der Waals surface area contributed by atoms with E-state index in [0.717, 1.165) is 70.7 Å². The van der Waals surface area contributed by atoms with Crippen LogP contribution in [-0.4, -0.2) is 77.5 Å². The minimum Gasteiger partial charge on any atom is -0.497 e. The Morgan fingerprint density at radius 3 is 2.32 bits per heavy atom. The zero-order chi connectivity index (χ0) is 21.5. The number of aliphatic imine (C=N–C) groups is 1. The highest BCUT2D eigenvalue weighted by molar-refractivity contribution is 5.80. The molecule has 0 aliphatic carbocycles. The lowest BCUT2D eigenvalue weighted by molar-refractivity contribution is 0.122. The Bertz CT molecular complexity index is 857. The number of nitrogens with zero attached hydrogens (tertiary/aromatic N) is 4. The SMILES string of the molecule is CN=C(NCc1ccc(N2CCOCC2)cc1)N1CCN(c2cccc(OC)c2)CC1. The van der Waals surface area contributed by atoms with Crippen molar-refractivity contribution in [1.29, 1.82) is 0 Å². The van der Waals surface area contributed by atoms with Crippen LogP contribution in [0.5, 0.6) is 5.75 Å². The van der Waals surface area contributed by atoms with E-state index < -0.39 is 0 Å². The smallest absolute Gasteiger partial charge is 0.194 e. The fourth-order valence-corrected chi connectivity index (χ4v) is 4.14. The molecule has 0 saturated carbocycles. The van der Waals surface area contributed by atoms with Gasteiger partial charge >= 0.3 is 0 Å². The number of guanidine groups is 1. The van der Waals surface area contributed by atoms with Crippen molar-refractivity contribution in [3.8, 4) is 5.75 Å². The van der Waals surface area contributed by atoms with Crippen molar-refractivity contribution < 1.29 is 9.47 Å². The summed E-state index contributed by atoms with van der Waals surface area (Å²) in [7, 11) is 3.57. The van der Waals surface area contributed by atoms with Crippen LogP contribution in [-0.2, 0) is 11.3 Å². The lowest BCUT2D eigenvalue weighted by atomic mass is 10.2. The summed E-state index contributed by atoms with van der Waals surface area (Å²) in [5.74, 6) is 1.86. The maximum atomic E-state index is 5.44. The number of ether oxygens (including phenoxy) is 2. The first-order chi connectivity index (χ1) is 15.3. The number of benzene rings is 2. The Morgan fingerprint density at radius 1 is 0.935 bits per heavy atom. The van der Waals surface area contributed by atoms with E-state index in [1.54, 1.807) is 7.11 Å². The molecular weight excluding hydrogens is 390 g/mol. The van der Waals surface area contributed by atoms with Crippen molar-refractivity contribution in [3.63, 3.8) is 0 Å². The van der Waals surface area contributed by atoms with E-state index in [9.17, 15) is 0 Å². The van der Waals surface area contributed by atoms with Gasteiger partial charge in [-0.05, 0) is 29.8 Å². The average molecular weight is 424 g/mol. The summed E-state index contributed by atoms with van der Waals surface area (Å²) in [6, 6.07) is 17.1. The molecule has 0 unspecified atom stereocenters. The summed E-state index contributed by atoms with van der Waals surface area (Å²) < 4.78 is 10.8. The van der Waals surface area contributed by atoms with Gasteiger partial charge in [-0.2, -0.15) is 0 Å². The van der Waals surface area contributed by atoms with Gasteiger partial charge in [-0.1, -0.05) is 18.2 Å². The van der Waals surface area contributed by atoms with Crippen molar-refractivity contribution in [2.45, 2.75) is 6.54 Å². The van der Waals surface area contributed by atoms with Crippen LogP contribution in [0.25, 0.3) is 0 Å². The largest absolute Gasteiger partial charge is 0.497 e. The maximum Gasteiger partial charge on any atom is 0.194 e. The molecule has 7 heteroatoms. The van der Waals surface area contributed by atoms with Gasteiger partial charge in [0.05, 0.1) is 20.3 Å². The standard InChI is InChI=1S/C24H33N5O2/c1-25-24(26-19-20-6-8-21(9-7-20)28-14-16-31-17-15-28)29-12-10-27(11-13-29)22-4-3-5-23(18-22)30-2/h3-9,18H,10-17,19H2,1-2H3,(H,25,26). The zero-order valence-electron chi connectivity index (χ0n) is 18.6. The first-order valence-electron chi connectivity index (χ1n) is 11.0. The molecule has 166 valence electrons. The topological polar surface area (TPSA) is 52.6 Å². The van der Waals surface area contributed by atoms with Gasteiger partial charge in [0.15, 0.2) is 5.96 Å². The van der Waals surface area contributed by atoms with Crippen molar-refractivity contribution in [2.24, 2.45) is 4.99 Å². The number of hydrogen-bond donors (Lipinski definition) is 1. The second-order valence-electron chi connectivity index (χ2n) is 7.84. The summed E-state index contributed by atoms with van der Waals surface area (Å²) in [4.78, 5) is 11.6. The zero-order valence-corrected chi connectivity index (χ0v) is 18.6. The van der Waals surface area contributed by atoms with Gasteiger partial charge in [-0.25, -0.2) is 0 Å². The number of rotatable bonds is 5. The molecule has 0 aromatic heterocycles.